The highest BCUT2D eigenvalue weighted by Gasteiger charge is 2.24. The number of halogens is 1. The Morgan fingerprint density at radius 2 is 2.00 bits per heavy atom. The third-order valence-corrected chi connectivity index (χ3v) is 5.65. The molecule has 2 heterocycles. The lowest BCUT2D eigenvalue weighted by atomic mass is 9.92. The van der Waals surface area contributed by atoms with Gasteiger partial charge in [-0.05, 0) is 48.6 Å². The Morgan fingerprint density at radius 1 is 1.20 bits per heavy atom. The van der Waals surface area contributed by atoms with E-state index in [-0.39, 0.29) is 24.2 Å². The molecule has 1 aliphatic rings. The van der Waals surface area contributed by atoms with Crippen molar-refractivity contribution in [1.82, 2.24) is 20.2 Å². The predicted octanol–water partition coefficient (Wildman–Crippen LogP) is 4.02. The minimum absolute atomic E-state index is 0. The average molecular weight is 425 g/mol. The summed E-state index contributed by atoms with van der Waals surface area (Å²) in [6, 6.07) is 17.3. The van der Waals surface area contributed by atoms with Crippen LogP contribution in [0.2, 0.25) is 0 Å². The van der Waals surface area contributed by atoms with Crippen LogP contribution in [0.3, 0.4) is 0 Å². The lowest BCUT2D eigenvalue weighted by Gasteiger charge is -2.27. The van der Waals surface area contributed by atoms with Crippen LogP contribution in [0.25, 0.3) is 11.1 Å². The molecule has 1 aliphatic heterocycles. The van der Waals surface area contributed by atoms with E-state index in [0.29, 0.717) is 12.6 Å². The summed E-state index contributed by atoms with van der Waals surface area (Å²) in [6.45, 7) is 4.43. The van der Waals surface area contributed by atoms with Gasteiger partial charge < -0.3 is 15.2 Å². The number of amides is 1. The first kappa shape index (κ1) is 22.1. The van der Waals surface area contributed by atoms with Crippen LogP contribution in [-0.4, -0.2) is 28.0 Å². The second kappa shape index (κ2) is 10.4. The third-order valence-electron chi connectivity index (χ3n) is 5.65. The number of piperidine rings is 1. The van der Waals surface area contributed by atoms with Crippen LogP contribution in [0, 0.1) is 5.92 Å². The third kappa shape index (κ3) is 5.49. The van der Waals surface area contributed by atoms with Crippen molar-refractivity contribution in [2.75, 3.05) is 6.54 Å². The number of aromatic nitrogens is 2. The van der Waals surface area contributed by atoms with Crippen molar-refractivity contribution in [3.63, 3.8) is 0 Å². The molecule has 158 valence electrons. The molecule has 2 aromatic carbocycles. The first-order valence-electron chi connectivity index (χ1n) is 10.3. The smallest absolute Gasteiger partial charge is 0.223 e. The first-order valence-corrected chi connectivity index (χ1v) is 10.3. The summed E-state index contributed by atoms with van der Waals surface area (Å²) in [7, 11) is 0. The molecule has 0 radical (unpaired) electrons. The highest BCUT2D eigenvalue weighted by atomic mass is 35.5. The zero-order valence-electron chi connectivity index (χ0n) is 17.3. The van der Waals surface area contributed by atoms with E-state index in [1.165, 1.54) is 16.7 Å². The molecule has 0 unspecified atom stereocenters. The first-order chi connectivity index (χ1) is 14.2. The number of carbonyl (C=O) groups is 1. The summed E-state index contributed by atoms with van der Waals surface area (Å²) in [4.78, 5) is 16.7. The monoisotopic (exact) mass is 424 g/mol. The fourth-order valence-corrected chi connectivity index (χ4v) is 4.03. The highest BCUT2D eigenvalue weighted by molar-refractivity contribution is 5.85. The van der Waals surface area contributed by atoms with Gasteiger partial charge >= 0.3 is 0 Å². The van der Waals surface area contributed by atoms with E-state index in [4.69, 9.17) is 0 Å². The second-order valence-electron chi connectivity index (χ2n) is 7.88. The summed E-state index contributed by atoms with van der Waals surface area (Å²) in [5.41, 5.74) is 4.71. The van der Waals surface area contributed by atoms with Crippen LogP contribution in [0.4, 0.5) is 0 Å². The summed E-state index contributed by atoms with van der Waals surface area (Å²) < 4.78 is 2.06. The zero-order chi connectivity index (χ0) is 20.1. The molecular weight excluding hydrogens is 396 g/mol. The molecule has 1 amide bonds. The largest absolute Gasteiger partial charge is 0.352 e. The normalized spacial score (nSPS) is 18.4. The lowest BCUT2D eigenvalue weighted by molar-refractivity contribution is -0.126. The van der Waals surface area contributed by atoms with Gasteiger partial charge in [-0.1, -0.05) is 48.5 Å². The van der Waals surface area contributed by atoms with E-state index in [9.17, 15) is 4.79 Å². The quantitative estimate of drug-likeness (QED) is 0.628. The Balaban J connectivity index is 0.00000256. The van der Waals surface area contributed by atoms with E-state index in [1.807, 2.05) is 18.6 Å². The average Bonchev–Trinajstić information content (AvgIpc) is 3.26. The second-order valence-corrected chi connectivity index (χ2v) is 7.88. The van der Waals surface area contributed by atoms with Crippen LogP contribution in [0.5, 0.6) is 0 Å². The van der Waals surface area contributed by atoms with Crippen LogP contribution >= 0.6 is 12.4 Å². The number of hydrogen-bond donors (Lipinski definition) is 2. The van der Waals surface area contributed by atoms with Crippen molar-refractivity contribution in [2.24, 2.45) is 5.92 Å². The van der Waals surface area contributed by atoms with Crippen molar-refractivity contribution in [3.05, 3.63) is 78.4 Å². The molecule has 2 N–H and O–H groups in total. The minimum atomic E-state index is 0. The maximum Gasteiger partial charge on any atom is 0.223 e. The molecular formula is C24H29ClN4O. The number of nitrogens with zero attached hydrogens (tertiary/aromatic N) is 2. The van der Waals surface area contributed by atoms with Gasteiger partial charge in [0.25, 0.3) is 0 Å². The molecule has 0 saturated carbocycles. The predicted molar refractivity (Wildman–Crippen MR) is 122 cm³/mol. The Kier molecular flexibility index (Phi) is 7.66. The lowest BCUT2D eigenvalue weighted by Crippen LogP contribution is -2.42. The molecule has 0 spiro atoms. The summed E-state index contributed by atoms with van der Waals surface area (Å²) in [5.74, 6) is 0.282. The van der Waals surface area contributed by atoms with E-state index < -0.39 is 0 Å². The van der Waals surface area contributed by atoms with Gasteiger partial charge in [-0.3, -0.25) is 4.79 Å². The van der Waals surface area contributed by atoms with Crippen LogP contribution in [0.1, 0.15) is 30.9 Å². The van der Waals surface area contributed by atoms with Crippen molar-refractivity contribution < 1.29 is 4.79 Å². The van der Waals surface area contributed by atoms with Crippen LogP contribution < -0.4 is 10.6 Å². The van der Waals surface area contributed by atoms with E-state index >= 15 is 0 Å². The van der Waals surface area contributed by atoms with Crippen molar-refractivity contribution in [3.8, 4) is 11.1 Å². The fourth-order valence-electron chi connectivity index (χ4n) is 4.03. The Hall–Kier alpha value is -2.63. The van der Waals surface area contributed by atoms with Gasteiger partial charge in [0.2, 0.25) is 5.91 Å². The number of carbonyl (C=O) groups excluding carboxylic acids is 1. The van der Waals surface area contributed by atoms with Gasteiger partial charge in [-0.2, -0.15) is 0 Å². The number of nitrogens with one attached hydrogen (secondary N) is 2. The number of benzene rings is 2. The molecule has 1 saturated heterocycles. The van der Waals surface area contributed by atoms with Gasteiger partial charge in [0.1, 0.15) is 0 Å². The van der Waals surface area contributed by atoms with E-state index in [1.54, 1.807) is 6.20 Å². The fraction of sp³-hybridized carbons (Fsp3) is 0.333. The van der Waals surface area contributed by atoms with Gasteiger partial charge in [-0.25, -0.2) is 4.98 Å². The molecule has 6 heteroatoms. The van der Waals surface area contributed by atoms with Crippen molar-refractivity contribution >= 4 is 18.3 Å². The Labute approximate surface area is 184 Å². The van der Waals surface area contributed by atoms with E-state index in [2.05, 4.69) is 69.6 Å². The van der Waals surface area contributed by atoms with Crippen LogP contribution in [0.15, 0.2) is 67.3 Å². The Bertz CT molecular complexity index is 940. The molecule has 4 rings (SSSR count). The van der Waals surface area contributed by atoms with Gasteiger partial charge in [0.15, 0.2) is 0 Å². The number of rotatable bonds is 6. The van der Waals surface area contributed by atoms with Crippen molar-refractivity contribution in [2.45, 2.75) is 38.9 Å². The zero-order valence-corrected chi connectivity index (χ0v) is 18.1. The summed E-state index contributed by atoms with van der Waals surface area (Å²) in [5, 5.41) is 6.57. The molecule has 1 fully saturated rings. The molecule has 0 aliphatic carbocycles. The molecule has 1 aromatic heterocycles. The molecule has 3 aromatic rings. The topological polar surface area (TPSA) is 59.0 Å². The Morgan fingerprint density at radius 3 is 2.73 bits per heavy atom. The SMILES string of the molecule is C[C@H]1C[C@@H](C(=O)NCc2ccccc2-c2ccc(Cn3ccnc3)cc2)CCN1.Cl. The number of hydrogen-bond acceptors (Lipinski definition) is 3. The molecule has 2 atom stereocenters. The summed E-state index contributed by atoms with van der Waals surface area (Å²) >= 11 is 0. The van der Waals surface area contributed by atoms with Crippen LogP contribution in [-0.2, 0) is 17.9 Å². The standard InChI is InChI=1S/C24H28N4O.ClH/c1-18-14-21(10-11-26-18)24(29)27-15-22-4-2-3-5-23(22)20-8-6-19(7-9-20)16-28-13-12-25-17-28;/h2-9,12-13,17-18,21,26H,10-11,14-16H2,1H3,(H,27,29);1H/t18-,21-;/m0./s1. The van der Waals surface area contributed by atoms with Gasteiger partial charge in [-0.15, -0.1) is 12.4 Å². The number of imidazole rings is 1. The molecule has 5 nitrogen and oxygen atoms in total. The maximum absolute atomic E-state index is 12.6. The van der Waals surface area contributed by atoms with E-state index in [0.717, 1.165) is 31.5 Å². The molecule has 0 bridgehead atoms. The van der Waals surface area contributed by atoms with Gasteiger partial charge in [0.05, 0.1) is 6.33 Å². The molecule has 30 heavy (non-hydrogen) atoms. The maximum atomic E-state index is 12.6. The van der Waals surface area contributed by atoms with Crippen molar-refractivity contribution in [1.29, 1.82) is 0 Å². The highest BCUT2D eigenvalue weighted by Crippen LogP contribution is 2.25. The minimum Gasteiger partial charge on any atom is -0.352 e. The summed E-state index contributed by atoms with van der Waals surface area (Å²) in [6.07, 6.45) is 7.41. The van der Waals surface area contributed by atoms with Gasteiger partial charge in [0, 0.05) is 37.4 Å².